The summed E-state index contributed by atoms with van der Waals surface area (Å²) < 4.78 is 7.48. The van der Waals surface area contributed by atoms with Gasteiger partial charge in [0, 0.05) is 12.6 Å². The predicted molar refractivity (Wildman–Crippen MR) is 78.4 cm³/mol. The number of aliphatic hydroxyl groups excluding tert-OH is 1. The van der Waals surface area contributed by atoms with E-state index in [9.17, 15) is 0 Å². The summed E-state index contributed by atoms with van der Waals surface area (Å²) in [6.45, 7) is -0.0250. The normalized spacial score (nSPS) is 11.0. The molecule has 0 fully saturated rings. The van der Waals surface area contributed by atoms with Gasteiger partial charge in [0.1, 0.15) is 0 Å². The van der Waals surface area contributed by atoms with Gasteiger partial charge >= 0.3 is 0 Å². The van der Waals surface area contributed by atoms with Gasteiger partial charge in [-0.3, -0.25) is 0 Å². The van der Waals surface area contributed by atoms with E-state index in [4.69, 9.17) is 9.52 Å². The van der Waals surface area contributed by atoms with Crippen molar-refractivity contribution in [2.75, 3.05) is 0 Å². The van der Waals surface area contributed by atoms with Crippen LogP contribution in [0.2, 0.25) is 0 Å². The molecule has 2 heterocycles. The van der Waals surface area contributed by atoms with E-state index in [1.54, 1.807) is 6.20 Å². The molecule has 0 saturated carbocycles. The average molecular weight is 302 g/mol. The van der Waals surface area contributed by atoms with Gasteiger partial charge < -0.3 is 14.1 Å². The van der Waals surface area contributed by atoms with Crippen LogP contribution in [-0.2, 0) is 19.4 Å². The fourth-order valence-corrected chi connectivity index (χ4v) is 2.65. The van der Waals surface area contributed by atoms with E-state index in [1.807, 2.05) is 41.9 Å². The summed E-state index contributed by atoms with van der Waals surface area (Å²) in [5.41, 5.74) is 1.67. The van der Waals surface area contributed by atoms with Crippen LogP contribution in [0, 0.1) is 0 Å². The third-order valence-corrected chi connectivity index (χ3v) is 4.04. The highest BCUT2D eigenvalue weighted by Crippen LogP contribution is 2.23. The first-order valence-electron chi connectivity index (χ1n) is 6.40. The van der Waals surface area contributed by atoms with Crippen molar-refractivity contribution in [2.45, 2.75) is 17.5 Å². The minimum atomic E-state index is -0.0250. The lowest BCUT2D eigenvalue weighted by Crippen LogP contribution is -1.97. The third-order valence-electron chi connectivity index (χ3n) is 3.02. The van der Waals surface area contributed by atoms with E-state index in [-0.39, 0.29) is 6.61 Å². The Kier molecular flexibility index (Phi) is 4.03. The molecule has 1 aromatic carbocycles. The van der Waals surface area contributed by atoms with Gasteiger partial charge in [-0.05, 0) is 12.1 Å². The summed E-state index contributed by atoms with van der Waals surface area (Å²) in [6, 6.07) is 9.65. The van der Waals surface area contributed by atoms with Crippen molar-refractivity contribution in [2.24, 2.45) is 7.05 Å². The number of imidazole rings is 1. The van der Waals surface area contributed by atoms with Crippen LogP contribution in [0.25, 0.3) is 11.5 Å². The number of aromatic nitrogens is 4. The number of benzene rings is 1. The van der Waals surface area contributed by atoms with Crippen LogP contribution >= 0.6 is 11.8 Å². The maximum absolute atomic E-state index is 9.14. The summed E-state index contributed by atoms with van der Waals surface area (Å²) in [5, 5.41) is 18.0. The van der Waals surface area contributed by atoms with Crippen molar-refractivity contribution in [1.82, 2.24) is 19.7 Å². The van der Waals surface area contributed by atoms with Crippen LogP contribution in [0.3, 0.4) is 0 Å². The molecule has 7 heteroatoms. The van der Waals surface area contributed by atoms with Gasteiger partial charge in [0.2, 0.25) is 11.8 Å². The van der Waals surface area contributed by atoms with Crippen molar-refractivity contribution in [1.29, 1.82) is 0 Å². The molecule has 0 aliphatic rings. The third kappa shape index (κ3) is 2.98. The Bertz CT molecular complexity index is 724. The highest BCUT2D eigenvalue weighted by Gasteiger charge is 2.11. The Balaban J connectivity index is 1.69. The van der Waals surface area contributed by atoms with E-state index in [2.05, 4.69) is 15.2 Å². The topological polar surface area (TPSA) is 77.0 Å². The first-order valence-corrected chi connectivity index (χ1v) is 7.38. The molecule has 2 aromatic heterocycles. The van der Waals surface area contributed by atoms with Crippen LogP contribution in [-0.4, -0.2) is 24.9 Å². The van der Waals surface area contributed by atoms with E-state index in [0.717, 1.165) is 16.4 Å². The van der Waals surface area contributed by atoms with Crippen LogP contribution in [0.15, 0.2) is 46.1 Å². The molecule has 6 nitrogen and oxygen atoms in total. The molecule has 0 radical (unpaired) electrons. The minimum absolute atomic E-state index is 0.0250. The lowest BCUT2D eigenvalue weighted by atomic mass is 10.2. The second kappa shape index (κ2) is 6.11. The van der Waals surface area contributed by atoms with Gasteiger partial charge in [0.15, 0.2) is 5.16 Å². The number of hydrogen-bond acceptors (Lipinski definition) is 6. The average Bonchev–Trinajstić information content (AvgIpc) is 3.13. The zero-order chi connectivity index (χ0) is 14.7. The maximum Gasteiger partial charge on any atom is 0.247 e. The molecular weight excluding hydrogens is 288 g/mol. The highest BCUT2D eigenvalue weighted by molar-refractivity contribution is 7.98. The SMILES string of the molecule is Cn1c(CO)cnc1SCc1nnc(-c2ccccc2)o1. The molecule has 0 aliphatic carbocycles. The van der Waals surface area contributed by atoms with Gasteiger partial charge in [-0.15, -0.1) is 10.2 Å². The predicted octanol–water partition coefficient (Wildman–Crippen LogP) is 2.25. The van der Waals surface area contributed by atoms with Gasteiger partial charge in [-0.2, -0.15) is 0 Å². The number of aliphatic hydroxyl groups is 1. The first kappa shape index (κ1) is 13.8. The van der Waals surface area contributed by atoms with Gasteiger partial charge in [-0.1, -0.05) is 30.0 Å². The van der Waals surface area contributed by atoms with Crippen molar-refractivity contribution in [3.8, 4) is 11.5 Å². The fraction of sp³-hybridized carbons (Fsp3) is 0.214. The molecule has 3 aromatic rings. The van der Waals surface area contributed by atoms with Gasteiger partial charge in [-0.25, -0.2) is 4.98 Å². The summed E-state index contributed by atoms with van der Waals surface area (Å²) in [4.78, 5) is 4.24. The Morgan fingerprint density at radius 1 is 1.24 bits per heavy atom. The lowest BCUT2D eigenvalue weighted by molar-refractivity contribution is 0.271. The molecule has 0 spiro atoms. The second-order valence-electron chi connectivity index (χ2n) is 4.40. The number of thioether (sulfide) groups is 1. The van der Waals surface area contributed by atoms with E-state index in [0.29, 0.717) is 17.5 Å². The van der Waals surface area contributed by atoms with Crippen molar-refractivity contribution in [3.63, 3.8) is 0 Å². The molecule has 1 N–H and O–H groups in total. The van der Waals surface area contributed by atoms with E-state index >= 15 is 0 Å². The zero-order valence-corrected chi connectivity index (χ0v) is 12.2. The van der Waals surface area contributed by atoms with E-state index in [1.165, 1.54) is 11.8 Å². The lowest BCUT2D eigenvalue weighted by Gasteiger charge is -2.01. The fourth-order valence-electron chi connectivity index (χ4n) is 1.84. The van der Waals surface area contributed by atoms with Crippen LogP contribution in [0.1, 0.15) is 11.6 Å². The van der Waals surface area contributed by atoms with Crippen LogP contribution in [0.4, 0.5) is 0 Å². The summed E-state index contributed by atoms with van der Waals surface area (Å²) in [6.07, 6.45) is 1.66. The summed E-state index contributed by atoms with van der Waals surface area (Å²) in [7, 11) is 1.87. The Labute approximate surface area is 125 Å². The van der Waals surface area contributed by atoms with Gasteiger partial charge in [0.05, 0.1) is 24.3 Å². The largest absolute Gasteiger partial charge is 0.420 e. The Morgan fingerprint density at radius 3 is 2.76 bits per heavy atom. The molecule has 108 valence electrons. The highest BCUT2D eigenvalue weighted by atomic mass is 32.2. The maximum atomic E-state index is 9.14. The van der Waals surface area contributed by atoms with Crippen LogP contribution in [0.5, 0.6) is 0 Å². The van der Waals surface area contributed by atoms with E-state index < -0.39 is 0 Å². The molecule has 0 unspecified atom stereocenters. The quantitative estimate of drug-likeness (QED) is 0.728. The van der Waals surface area contributed by atoms with Crippen molar-refractivity contribution >= 4 is 11.8 Å². The summed E-state index contributed by atoms with van der Waals surface area (Å²) in [5.74, 6) is 1.60. The molecule has 0 amide bonds. The minimum Gasteiger partial charge on any atom is -0.420 e. The molecule has 0 atom stereocenters. The van der Waals surface area contributed by atoms with Gasteiger partial charge in [0.25, 0.3) is 0 Å². The van der Waals surface area contributed by atoms with Crippen molar-refractivity contribution < 1.29 is 9.52 Å². The molecule has 0 bridgehead atoms. The monoisotopic (exact) mass is 302 g/mol. The smallest absolute Gasteiger partial charge is 0.247 e. The second-order valence-corrected chi connectivity index (χ2v) is 5.35. The molecule has 0 saturated heterocycles. The molecular formula is C14H14N4O2S. The number of hydrogen-bond donors (Lipinski definition) is 1. The molecule has 3 rings (SSSR count). The number of rotatable bonds is 5. The molecule has 0 aliphatic heterocycles. The number of nitrogens with zero attached hydrogens (tertiary/aromatic N) is 4. The zero-order valence-electron chi connectivity index (χ0n) is 11.4. The standard InChI is InChI=1S/C14H14N4O2S/c1-18-11(8-19)7-15-14(18)21-9-12-16-17-13(20-12)10-5-3-2-4-6-10/h2-7,19H,8-9H2,1H3. The summed E-state index contributed by atoms with van der Waals surface area (Å²) >= 11 is 1.49. The van der Waals surface area contributed by atoms with Crippen LogP contribution < -0.4 is 0 Å². The Morgan fingerprint density at radius 2 is 2.05 bits per heavy atom. The first-order chi connectivity index (χ1) is 10.3. The Hall–Kier alpha value is -2.12. The molecule has 21 heavy (non-hydrogen) atoms. The van der Waals surface area contributed by atoms with Crippen molar-refractivity contribution in [3.05, 3.63) is 48.1 Å².